The van der Waals surface area contributed by atoms with E-state index in [1.165, 1.54) is 24.2 Å². The first kappa shape index (κ1) is 13.7. The first-order valence-corrected chi connectivity index (χ1v) is 6.83. The monoisotopic (exact) mass is 294 g/mol. The van der Waals surface area contributed by atoms with Crippen molar-refractivity contribution < 1.29 is 9.21 Å². The van der Waals surface area contributed by atoms with Gasteiger partial charge in [0.15, 0.2) is 0 Å². The van der Waals surface area contributed by atoms with Crippen LogP contribution in [0.4, 0.5) is 0 Å². The molecule has 2 aromatic rings. The van der Waals surface area contributed by atoms with Crippen molar-refractivity contribution in [2.75, 3.05) is 5.75 Å². The molecule has 0 aliphatic rings. The van der Waals surface area contributed by atoms with Crippen molar-refractivity contribution in [3.63, 3.8) is 0 Å². The van der Waals surface area contributed by atoms with Crippen LogP contribution in [-0.2, 0) is 4.79 Å². The third kappa shape index (κ3) is 4.81. The maximum absolute atomic E-state index is 11.5. The number of rotatable bonds is 5. The summed E-state index contributed by atoms with van der Waals surface area (Å²) in [6, 6.07) is 9.07. The van der Waals surface area contributed by atoms with Crippen molar-refractivity contribution in [1.29, 1.82) is 0 Å². The molecule has 0 saturated heterocycles. The number of thioether (sulfide) groups is 1. The summed E-state index contributed by atoms with van der Waals surface area (Å²) in [4.78, 5) is 12.5. The standard InChI is InChI=1S/C13H11ClN2O2S/c14-11-1-3-12(4-2-11)19-9-13(17)16-15-7-10-5-6-18-8-10/h1-8H,9H2,(H,16,17)/b15-7-. The molecule has 4 nitrogen and oxygen atoms in total. The lowest BCUT2D eigenvalue weighted by molar-refractivity contribution is -0.118. The lowest BCUT2D eigenvalue weighted by Gasteiger charge is -2.00. The largest absolute Gasteiger partial charge is 0.472 e. The summed E-state index contributed by atoms with van der Waals surface area (Å²) in [7, 11) is 0. The molecule has 0 atom stereocenters. The fraction of sp³-hybridized carbons (Fsp3) is 0.0769. The van der Waals surface area contributed by atoms with Crippen molar-refractivity contribution in [2.45, 2.75) is 4.90 Å². The van der Waals surface area contributed by atoms with Crippen LogP contribution < -0.4 is 5.43 Å². The molecule has 1 aromatic heterocycles. The Labute approximate surface area is 119 Å². The summed E-state index contributed by atoms with van der Waals surface area (Å²) in [6.45, 7) is 0. The number of hydrogen-bond donors (Lipinski definition) is 1. The number of amides is 1. The summed E-state index contributed by atoms with van der Waals surface area (Å²) < 4.78 is 4.87. The van der Waals surface area contributed by atoms with Crippen LogP contribution in [0.3, 0.4) is 0 Å². The molecule has 0 unspecified atom stereocenters. The van der Waals surface area contributed by atoms with Gasteiger partial charge in [-0.2, -0.15) is 5.10 Å². The SMILES string of the molecule is O=C(CSc1ccc(Cl)cc1)N/N=C\c1ccoc1. The van der Waals surface area contributed by atoms with Gasteiger partial charge in [-0.05, 0) is 30.3 Å². The van der Waals surface area contributed by atoms with Gasteiger partial charge in [-0.25, -0.2) is 5.43 Å². The Morgan fingerprint density at radius 3 is 2.84 bits per heavy atom. The second kappa shape index (κ2) is 7.01. The second-order valence-electron chi connectivity index (χ2n) is 3.59. The van der Waals surface area contributed by atoms with Crippen LogP contribution in [0.1, 0.15) is 5.56 Å². The minimum Gasteiger partial charge on any atom is -0.472 e. The van der Waals surface area contributed by atoms with Crippen LogP contribution in [0.15, 0.2) is 57.3 Å². The topological polar surface area (TPSA) is 54.6 Å². The Balaban J connectivity index is 1.74. The highest BCUT2D eigenvalue weighted by Crippen LogP contribution is 2.19. The van der Waals surface area contributed by atoms with Gasteiger partial charge in [0.2, 0.25) is 5.91 Å². The normalized spacial score (nSPS) is 10.8. The first-order valence-electron chi connectivity index (χ1n) is 5.46. The Bertz CT molecular complexity index is 553. The van der Waals surface area contributed by atoms with Crippen LogP contribution in [0.2, 0.25) is 5.02 Å². The first-order chi connectivity index (χ1) is 9.24. The van der Waals surface area contributed by atoms with E-state index >= 15 is 0 Å². The van der Waals surface area contributed by atoms with Gasteiger partial charge in [0.05, 0.1) is 24.5 Å². The van der Waals surface area contributed by atoms with Crippen LogP contribution in [-0.4, -0.2) is 17.9 Å². The number of hydrogen-bond acceptors (Lipinski definition) is 4. The highest BCUT2D eigenvalue weighted by atomic mass is 35.5. The summed E-state index contributed by atoms with van der Waals surface area (Å²) in [5.74, 6) is 0.129. The third-order valence-electron chi connectivity index (χ3n) is 2.13. The third-order valence-corrected chi connectivity index (χ3v) is 3.39. The molecule has 6 heteroatoms. The molecule has 0 aliphatic heterocycles. The van der Waals surface area contributed by atoms with Crippen molar-refractivity contribution in [1.82, 2.24) is 5.43 Å². The Kier molecular flexibility index (Phi) is 5.06. The number of benzene rings is 1. The van der Waals surface area contributed by atoms with Gasteiger partial charge >= 0.3 is 0 Å². The van der Waals surface area contributed by atoms with Crippen molar-refractivity contribution in [3.05, 3.63) is 53.4 Å². The number of hydrazone groups is 1. The summed E-state index contributed by atoms with van der Waals surface area (Å²) in [6.07, 6.45) is 4.60. The van der Waals surface area contributed by atoms with Gasteiger partial charge in [-0.1, -0.05) is 11.6 Å². The number of carbonyl (C=O) groups is 1. The molecule has 1 N–H and O–H groups in total. The second-order valence-corrected chi connectivity index (χ2v) is 5.08. The Morgan fingerprint density at radius 1 is 1.37 bits per heavy atom. The summed E-state index contributed by atoms with van der Waals surface area (Å²) >= 11 is 7.20. The highest BCUT2D eigenvalue weighted by Gasteiger charge is 2.01. The molecule has 1 heterocycles. The van der Waals surface area contributed by atoms with Crippen LogP contribution >= 0.6 is 23.4 Å². The van der Waals surface area contributed by atoms with E-state index in [1.807, 2.05) is 12.1 Å². The quantitative estimate of drug-likeness (QED) is 0.523. The Morgan fingerprint density at radius 2 is 2.16 bits per heavy atom. The highest BCUT2D eigenvalue weighted by molar-refractivity contribution is 8.00. The minimum absolute atomic E-state index is 0.167. The predicted molar refractivity (Wildman–Crippen MR) is 76.6 cm³/mol. The van der Waals surface area contributed by atoms with E-state index in [0.717, 1.165) is 10.5 Å². The molecule has 1 amide bonds. The number of nitrogens with one attached hydrogen (secondary N) is 1. The summed E-state index contributed by atoms with van der Waals surface area (Å²) in [5.41, 5.74) is 3.24. The molecule has 1 aromatic carbocycles. The van der Waals surface area contributed by atoms with Crippen LogP contribution in [0, 0.1) is 0 Å². The van der Waals surface area contributed by atoms with Gasteiger partial charge in [0.25, 0.3) is 0 Å². The van der Waals surface area contributed by atoms with Crippen molar-refractivity contribution >= 4 is 35.5 Å². The molecule has 19 heavy (non-hydrogen) atoms. The fourth-order valence-electron chi connectivity index (χ4n) is 1.24. The lowest BCUT2D eigenvalue weighted by Crippen LogP contribution is -2.19. The molecule has 0 bridgehead atoms. The van der Waals surface area contributed by atoms with E-state index < -0.39 is 0 Å². The maximum Gasteiger partial charge on any atom is 0.250 e. The van der Waals surface area contributed by atoms with Gasteiger partial charge < -0.3 is 4.42 Å². The zero-order chi connectivity index (χ0) is 13.5. The zero-order valence-electron chi connectivity index (χ0n) is 9.88. The van der Waals surface area contributed by atoms with Crippen molar-refractivity contribution in [3.8, 4) is 0 Å². The van der Waals surface area contributed by atoms with Gasteiger partial charge in [0, 0.05) is 15.5 Å². The fourth-order valence-corrected chi connectivity index (χ4v) is 2.06. The summed E-state index contributed by atoms with van der Waals surface area (Å²) in [5, 5.41) is 4.50. The van der Waals surface area contributed by atoms with Gasteiger partial charge in [0.1, 0.15) is 0 Å². The van der Waals surface area contributed by atoms with E-state index in [0.29, 0.717) is 10.8 Å². The lowest BCUT2D eigenvalue weighted by atomic mass is 10.4. The van der Waals surface area contributed by atoms with Gasteiger partial charge in [-0.3, -0.25) is 4.79 Å². The predicted octanol–water partition coefficient (Wildman–Crippen LogP) is 3.18. The van der Waals surface area contributed by atoms with Crippen molar-refractivity contribution in [2.24, 2.45) is 5.10 Å². The zero-order valence-corrected chi connectivity index (χ0v) is 11.4. The maximum atomic E-state index is 11.5. The number of furan rings is 1. The molecular formula is C13H11ClN2O2S. The van der Waals surface area contributed by atoms with E-state index in [9.17, 15) is 4.79 Å². The average molecular weight is 295 g/mol. The van der Waals surface area contributed by atoms with Crippen LogP contribution in [0.5, 0.6) is 0 Å². The molecule has 0 saturated carbocycles. The molecule has 98 valence electrons. The molecule has 0 radical (unpaired) electrons. The molecular weight excluding hydrogens is 284 g/mol. The van der Waals surface area contributed by atoms with Gasteiger partial charge in [-0.15, -0.1) is 11.8 Å². The number of nitrogens with zero attached hydrogens (tertiary/aromatic N) is 1. The van der Waals surface area contributed by atoms with E-state index in [-0.39, 0.29) is 5.91 Å². The average Bonchev–Trinajstić information content (AvgIpc) is 2.91. The van der Waals surface area contributed by atoms with E-state index in [1.54, 1.807) is 24.5 Å². The smallest absolute Gasteiger partial charge is 0.250 e. The molecule has 2 rings (SSSR count). The molecule has 0 aliphatic carbocycles. The minimum atomic E-state index is -0.167. The van der Waals surface area contributed by atoms with Crippen LogP contribution in [0.25, 0.3) is 0 Å². The molecule has 0 spiro atoms. The van der Waals surface area contributed by atoms with E-state index in [2.05, 4.69) is 10.5 Å². The number of halogens is 1. The van der Waals surface area contributed by atoms with E-state index in [4.69, 9.17) is 16.0 Å². The number of carbonyl (C=O) groups excluding carboxylic acids is 1. The molecule has 0 fully saturated rings. The Hall–Kier alpha value is -1.72.